The van der Waals surface area contributed by atoms with Gasteiger partial charge >= 0.3 is 6.03 Å². The van der Waals surface area contributed by atoms with E-state index in [4.69, 9.17) is 0 Å². The molecule has 0 fully saturated rings. The summed E-state index contributed by atoms with van der Waals surface area (Å²) in [6, 6.07) is 16.3. The molecule has 0 spiro atoms. The van der Waals surface area contributed by atoms with Crippen LogP contribution in [-0.2, 0) is 0 Å². The van der Waals surface area contributed by atoms with Gasteiger partial charge in [-0.1, -0.05) is 46.3 Å². The number of pyridine rings is 1. The molecular weight excluding hydrogens is 418 g/mol. The van der Waals surface area contributed by atoms with Gasteiger partial charge in [-0.05, 0) is 61.7 Å². The van der Waals surface area contributed by atoms with Gasteiger partial charge in [0.2, 0.25) is 0 Å². The maximum Gasteiger partial charge on any atom is 0.327 e. The summed E-state index contributed by atoms with van der Waals surface area (Å²) in [4.78, 5) is 29.0. The lowest BCUT2D eigenvalue weighted by Gasteiger charge is -2.13. The van der Waals surface area contributed by atoms with E-state index in [0.29, 0.717) is 11.4 Å². The molecule has 6 heteroatoms. The number of hydrogen-bond acceptors (Lipinski definition) is 3. The van der Waals surface area contributed by atoms with Crippen LogP contribution in [0.15, 0.2) is 59.1 Å². The fourth-order valence-electron chi connectivity index (χ4n) is 3.09. The smallest absolute Gasteiger partial charge is 0.292 e. The van der Waals surface area contributed by atoms with Crippen LogP contribution in [0.3, 0.4) is 0 Å². The van der Waals surface area contributed by atoms with Crippen molar-refractivity contribution in [1.29, 1.82) is 0 Å². The largest absolute Gasteiger partial charge is 0.327 e. The Morgan fingerprint density at radius 1 is 0.929 bits per heavy atom. The van der Waals surface area contributed by atoms with Crippen molar-refractivity contribution in [2.75, 3.05) is 5.32 Å². The predicted molar refractivity (Wildman–Crippen MR) is 115 cm³/mol. The van der Waals surface area contributed by atoms with Crippen molar-refractivity contribution in [3.05, 3.63) is 81.5 Å². The number of anilines is 1. The highest BCUT2D eigenvalue weighted by atomic mass is 79.9. The number of amides is 3. The number of hydrogen-bond donors (Lipinski definition) is 2. The quantitative estimate of drug-likeness (QED) is 0.576. The third kappa shape index (κ3) is 4.46. The van der Waals surface area contributed by atoms with Crippen LogP contribution >= 0.6 is 15.9 Å². The monoisotopic (exact) mass is 437 g/mol. The van der Waals surface area contributed by atoms with Gasteiger partial charge < -0.3 is 0 Å². The summed E-state index contributed by atoms with van der Waals surface area (Å²) >= 11 is 3.44. The zero-order chi connectivity index (χ0) is 20.3. The Morgan fingerprint density at radius 2 is 1.61 bits per heavy atom. The zero-order valence-corrected chi connectivity index (χ0v) is 17.4. The van der Waals surface area contributed by atoms with Gasteiger partial charge in [-0.3, -0.25) is 15.4 Å². The van der Waals surface area contributed by atoms with Crippen LogP contribution in [-0.4, -0.2) is 16.9 Å². The van der Waals surface area contributed by atoms with Crippen LogP contribution in [0.25, 0.3) is 11.1 Å². The molecule has 0 bridgehead atoms. The molecule has 0 saturated carbocycles. The molecule has 0 aliphatic heterocycles. The normalized spacial score (nSPS) is 10.4. The summed E-state index contributed by atoms with van der Waals surface area (Å²) in [6.45, 7) is 5.68. The zero-order valence-electron chi connectivity index (χ0n) is 15.8. The Morgan fingerprint density at radius 3 is 2.25 bits per heavy atom. The van der Waals surface area contributed by atoms with E-state index in [0.717, 1.165) is 32.4 Å². The molecule has 0 atom stereocenters. The van der Waals surface area contributed by atoms with E-state index >= 15 is 0 Å². The first-order valence-corrected chi connectivity index (χ1v) is 9.56. The molecule has 0 radical (unpaired) electrons. The third-order valence-corrected chi connectivity index (χ3v) is 4.92. The number of aryl methyl sites for hydroxylation is 3. The van der Waals surface area contributed by atoms with Crippen molar-refractivity contribution in [2.24, 2.45) is 0 Å². The second-order valence-electron chi connectivity index (χ2n) is 6.51. The van der Waals surface area contributed by atoms with Crippen LogP contribution in [0.5, 0.6) is 0 Å². The van der Waals surface area contributed by atoms with E-state index in [-0.39, 0.29) is 0 Å². The molecular formula is C22H20BrN3O2. The van der Waals surface area contributed by atoms with Crippen molar-refractivity contribution in [2.45, 2.75) is 20.8 Å². The lowest BCUT2D eigenvalue weighted by atomic mass is 9.99. The standard InChI is InChI=1S/C22H20BrN3O2/c1-13-6-4-5-7-18(13)21(27)26-22(28)25-19-12-14(2)20(15(3)24-19)16-8-10-17(23)11-9-16/h4-12H,1-3H3,(H2,24,25,26,27,28). The van der Waals surface area contributed by atoms with Gasteiger partial charge in [-0.2, -0.15) is 0 Å². The molecule has 3 rings (SSSR count). The fraction of sp³-hybridized carbons (Fsp3) is 0.136. The van der Waals surface area contributed by atoms with Gasteiger partial charge in [0, 0.05) is 21.3 Å². The second-order valence-corrected chi connectivity index (χ2v) is 7.43. The maximum atomic E-state index is 12.3. The van der Waals surface area contributed by atoms with E-state index in [1.54, 1.807) is 18.2 Å². The number of aromatic nitrogens is 1. The van der Waals surface area contributed by atoms with Crippen LogP contribution < -0.4 is 10.6 Å². The number of imide groups is 1. The molecule has 2 aromatic carbocycles. The van der Waals surface area contributed by atoms with Gasteiger partial charge in [0.1, 0.15) is 5.82 Å². The Labute approximate surface area is 172 Å². The van der Waals surface area contributed by atoms with E-state index in [2.05, 4.69) is 31.5 Å². The maximum absolute atomic E-state index is 12.3. The highest BCUT2D eigenvalue weighted by Gasteiger charge is 2.14. The summed E-state index contributed by atoms with van der Waals surface area (Å²) in [5.41, 5.74) is 5.11. The molecule has 0 aliphatic carbocycles. The Hall–Kier alpha value is -2.99. The number of halogens is 1. The van der Waals surface area contributed by atoms with E-state index in [1.165, 1.54) is 0 Å². The van der Waals surface area contributed by atoms with E-state index in [9.17, 15) is 9.59 Å². The minimum Gasteiger partial charge on any atom is -0.292 e. The molecule has 28 heavy (non-hydrogen) atoms. The molecule has 0 saturated heterocycles. The number of benzene rings is 2. The number of carbonyl (C=O) groups is 2. The Bertz CT molecular complexity index is 1020. The highest BCUT2D eigenvalue weighted by molar-refractivity contribution is 9.10. The number of nitrogens with zero attached hydrogens (tertiary/aromatic N) is 1. The van der Waals surface area contributed by atoms with Gasteiger partial charge in [-0.25, -0.2) is 9.78 Å². The van der Waals surface area contributed by atoms with Crippen molar-refractivity contribution < 1.29 is 9.59 Å². The van der Waals surface area contributed by atoms with E-state index in [1.807, 2.05) is 57.2 Å². The summed E-state index contributed by atoms with van der Waals surface area (Å²) in [6.07, 6.45) is 0. The minimum absolute atomic E-state index is 0.394. The van der Waals surface area contributed by atoms with Crippen LogP contribution in [0.1, 0.15) is 27.2 Å². The lowest BCUT2D eigenvalue weighted by Crippen LogP contribution is -2.35. The number of carbonyl (C=O) groups excluding carboxylic acids is 2. The first-order chi connectivity index (χ1) is 13.3. The van der Waals surface area contributed by atoms with Crippen LogP contribution in [0.4, 0.5) is 10.6 Å². The molecule has 0 unspecified atom stereocenters. The molecule has 1 heterocycles. The molecule has 5 nitrogen and oxygen atoms in total. The fourth-order valence-corrected chi connectivity index (χ4v) is 3.36. The summed E-state index contributed by atoms with van der Waals surface area (Å²) < 4.78 is 1.01. The molecule has 1 aromatic heterocycles. The first kappa shape index (κ1) is 19.8. The average molecular weight is 438 g/mol. The van der Waals surface area contributed by atoms with Gasteiger partial charge in [0.15, 0.2) is 0 Å². The SMILES string of the molecule is Cc1ccccc1C(=O)NC(=O)Nc1cc(C)c(-c2ccc(Br)cc2)c(C)n1. The summed E-state index contributed by atoms with van der Waals surface area (Å²) in [7, 11) is 0. The third-order valence-electron chi connectivity index (χ3n) is 4.39. The van der Waals surface area contributed by atoms with Gasteiger partial charge in [0.25, 0.3) is 5.91 Å². The summed E-state index contributed by atoms with van der Waals surface area (Å²) in [5, 5.41) is 4.98. The number of rotatable bonds is 3. The van der Waals surface area contributed by atoms with Crippen molar-refractivity contribution in [3.63, 3.8) is 0 Å². The van der Waals surface area contributed by atoms with Crippen molar-refractivity contribution in [1.82, 2.24) is 10.3 Å². The Balaban J connectivity index is 1.76. The second kappa shape index (κ2) is 8.35. The lowest BCUT2D eigenvalue weighted by molar-refractivity contribution is 0.0966. The van der Waals surface area contributed by atoms with Gasteiger partial charge in [0.05, 0.1) is 0 Å². The Kier molecular flexibility index (Phi) is 5.90. The van der Waals surface area contributed by atoms with E-state index < -0.39 is 11.9 Å². The van der Waals surface area contributed by atoms with Crippen molar-refractivity contribution >= 4 is 33.7 Å². The van der Waals surface area contributed by atoms with Crippen LogP contribution in [0.2, 0.25) is 0 Å². The molecule has 0 aliphatic rings. The van der Waals surface area contributed by atoms with Crippen molar-refractivity contribution in [3.8, 4) is 11.1 Å². The minimum atomic E-state index is -0.615. The highest BCUT2D eigenvalue weighted by Crippen LogP contribution is 2.29. The number of urea groups is 1. The van der Waals surface area contributed by atoms with Gasteiger partial charge in [-0.15, -0.1) is 0 Å². The topological polar surface area (TPSA) is 71.1 Å². The van der Waals surface area contributed by atoms with Crippen LogP contribution in [0, 0.1) is 20.8 Å². The average Bonchev–Trinajstić information content (AvgIpc) is 2.63. The molecule has 3 amide bonds. The molecule has 2 N–H and O–H groups in total. The first-order valence-electron chi connectivity index (χ1n) is 8.77. The predicted octanol–water partition coefficient (Wildman–Crippen LogP) is 5.40. The molecule has 142 valence electrons. The summed E-state index contributed by atoms with van der Waals surface area (Å²) in [5.74, 6) is -0.0542. The molecule has 3 aromatic rings. The number of nitrogens with one attached hydrogen (secondary N) is 2.